The second-order valence-electron chi connectivity index (χ2n) is 5.75. The number of hydrogen-bond donors (Lipinski definition) is 2. The topological polar surface area (TPSA) is 88.1 Å². The normalized spacial score (nSPS) is 23.2. The van der Waals surface area contributed by atoms with E-state index < -0.39 is 11.9 Å². The van der Waals surface area contributed by atoms with Crippen LogP contribution in [0.15, 0.2) is 18.2 Å². The summed E-state index contributed by atoms with van der Waals surface area (Å²) < 4.78 is 10.6. The number of hydrogen-bond acceptors (Lipinski definition) is 4. The van der Waals surface area contributed by atoms with Crippen LogP contribution in [-0.2, 0) is 4.79 Å². The number of likely N-dealkylation sites (tertiary alicyclic amines) is 1. The predicted octanol–water partition coefficient (Wildman–Crippen LogP) is 1.99. The van der Waals surface area contributed by atoms with Crippen LogP contribution in [0.2, 0.25) is 0 Å². The van der Waals surface area contributed by atoms with Crippen LogP contribution in [-0.4, -0.2) is 41.9 Å². The number of aliphatic carboxylic acids is 1. The molecule has 2 aliphatic rings. The second-order valence-corrected chi connectivity index (χ2v) is 5.75. The van der Waals surface area contributed by atoms with E-state index in [2.05, 4.69) is 5.32 Å². The van der Waals surface area contributed by atoms with Gasteiger partial charge in [0.25, 0.3) is 0 Å². The number of fused-ring (bicyclic) bond motifs is 1. The molecule has 0 spiro atoms. The number of carbonyl (C=O) groups excluding carboxylic acids is 1. The third kappa shape index (κ3) is 2.79. The molecular formula is C15H18N2O5. The van der Waals surface area contributed by atoms with Crippen molar-refractivity contribution in [2.75, 3.05) is 25.2 Å². The molecule has 22 heavy (non-hydrogen) atoms. The number of carbonyl (C=O) groups is 2. The molecule has 7 heteroatoms. The van der Waals surface area contributed by atoms with E-state index in [-0.39, 0.29) is 25.3 Å². The fourth-order valence-corrected chi connectivity index (χ4v) is 2.92. The van der Waals surface area contributed by atoms with Crippen molar-refractivity contribution in [3.8, 4) is 11.5 Å². The van der Waals surface area contributed by atoms with Gasteiger partial charge in [-0.1, -0.05) is 13.0 Å². The molecule has 2 unspecified atom stereocenters. The van der Waals surface area contributed by atoms with Gasteiger partial charge in [-0.3, -0.25) is 4.79 Å². The zero-order valence-electron chi connectivity index (χ0n) is 12.2. The zero-order valence-corrected chi connectivity index (χ0v) is 12.2. The third-order valence-electron chi connectivity index (χ3n) is 3.93. The molecule has 2 N–H and O–H groups in total. The Morgan fingerprint density at radius 2 is 2.14 bits per heavy atom. The second kappa shape index (κ2) is 5.75. The van der Waals surface area contributed by atoms with E-state index in [1.165, 1.54) is 0 Å². The van der Waals surface area contributed by atoms with Crippen LogP contribution in [0.1, 0.15) is 13.3 Å². The Hall–Kier alpha value is -2.44. The molecule has 0 bridgehead atoms. The van der Waals surface area contributed by atoms with Gasteiger partial charge in [-0.15, -0.1) is 0 Å². The lowest BCUT2D eigenvalue weighted by Crippen LogP contribution is -2.47. The number of piperidine rings is 1. The Balaban J connectivity index is 1.72. The lowest BCUT2D eigenvalue weighted by atomic mass is 9.91. The highest BCUT2D eigenvalue weighted by molar-refractivity contribution is 5.92. The Bertz CT molecular complexity index is 604. The van der Waals surface area contributed by atoms with Crippen LogP contribution in [0.25, 0.3) is 0 Å². The number of rotatable bonds is 2. The number of nitrogens with zero attached hydrogens (tertiary/aromatic N) is 1. The maximum absolute atomic E-state index is 12.4. The number of benzene rings is 1. The molecule has 2 atom stereocenters. The van der Waals surface area contributed by atoms with Gasteiger partial charge < -0.3 is 24.8 Å². The zero-order chi connectivity index (χ0) is 15.7. The van der Waals surface area contributed by atoms with Gasteiger partial charge in [0.1, 0.15) is 0 Å². The first-order chi connectivity index (χ1) is 10.5. The minimum absolute atomic E-state index is 0.129. The maximum Gasteiger partial charge on any atom is 0.321 e. The monoisotopic (exact) mass is 306 g/mol. The summed E-state index contributed by atoms with van der Waals surface area (Å²) in [6.45, 7) is 2.84. The van der Waals surface area contributed by atoms with Crippen LogP contribution in [0.4, 0.5) is 10.5 Å². The molecule has 118 valence electrons. The Labute approximate surface area is 127 Å². The van der Waals surface area contributed by atoms with E-state index in [9.17, 15) is 14.7 Å². The first-order valence-corrected chi connectivity index (χ1v) is 7.22. The van der Waals surface area contributed by atoms with Crippen LogP contribution in [0.5, 0.6) is 11.5 Å². The summed E-state index contributed by atoms with van der Waals surface area (Å²) in [4.78, 5) is 25.1. The molecule has 7 nitrogen and oxygen atoms in total. The van der Waals surface area contributed by atoms with E-state index in [1.807, 2.05) is 6.92 Å². The fourth-order valence-electron chi connectivity index (χ4n) is 2.92. The third-order valence-corrected chi connectivity index (χ3v) is 3.93. The highest BCUT2D eigenvalue weighted by Crippen LogP contribution is 2.39. The lowest BCUT2D eigenvalue weighted by molar-refractivity contribution is -0.143. The lowest BCUT2D eigenvalue weighted by Gasteiger charge is -2.34. The van der Waals surface area contributed by atoms with E-state index in [0.29, 0.717) is 30.2 Å². The Morgan fingerprint density at radius 1 is 1.32 bits per heavy atom. The van der Waals surface area contributed by atoms with Crippen molar-refractivity contribution >= 4 is 17.7 Å². The first kappa shape index (κ1) is 14.5. The average Bonchev–Trinajstić information content (AvgIpc) is 2.96. The Morgan fingerprint density at radius 3 is 2.91 bits per heavy atom. The van der Waals surface area contributed by atoms with Crippen LogP contribution in [0, 0.1) is 11.8 Å². The number of amides is 2. The number of nitrogens with one attached hydrogen (secondary N) is 1. The molecule has 0 saturated carbocycles. The fraction of sp³-hybridized carbons (Fsp3) is 0.467. The molecule has 0 aliphatic carbocycles. The van der Waals surface area contributed by atoms with Gasteiger partial charge in [-0.25, -0.2) is 4.79 Å². The molecule has 0 aromatic heterocycles. The maximum atomic E-state index is 12.4. The van der Waals surface area contributed by atoms with E-state index in [0.717, 1.165) is 0 Å². The number of anilines is 1. The summed E-state index contributed by atoms with van der Waals surface area (Å²) in [6.07, 6.45) is 0.594. The summed E-state index contributed by atoms with van der Waals surface area (Å²) in [5.41, 5.74) is 0.533. The Kier molecular flexibility index (Phi) is 3.79. The summed E-state index contributed by atoms with van der Waals surface area (Å²) in [5.74, 6) is -0.122. The molecule has 3 rings (SSSR count). The SMILES string of the molecule is CC1CC(C(=O)O)CN(C(=O)Nc2cccc3c2OCO3)C1. The molecule has 1 saturated heterocycles. The molecule has 1 aromatic rings. The van der Waals surface area contributed by atoms with E-state index in [4.69, 9.17) is 9.47 Å². The quantitative estimate of drug-likeness (QED) is 0.872. The largest absolute Gasteiger partial charge is 0.481 e. The average molecular weight is 306 g/mol. The summed E-state index contributed by atoms with van der Waals surface area (Å²) in [7, 11) is 0. The van der Waals surface area contributed by atoms with E-state index >= 15 is 0 Å². The van der Waals surface area contributed by atoms with Gasteiger partial charge in [0, 0.05) is 13.1 Å². The molecule has 2 amide bonds. The summed E-state index contributed by atoms with van der Waals surface area (Å²) in [5, 5.41) is 12.0. The molecule has 1 aromatic carbocycles. The van der Waals surface area contributed by atoms with Gasteiger partial charge in [-0.2, -0.15) is 0 Å². The van der Waals surface area contributed by atoms with Gasteiger partial charge in [0.15, 0.2) is 11.5 Å². The van der Waals surface area contributed by atoms with Crippen molar-refractivity contribution in [2.45, 2.75) is 13.3 Å². The van der Waals surface area contributed by atoms with Crippen molar-refractivity contribution in [1.82, 2.24) is 4.90 Å². The van der Waals surface area contributed by atoms with Gasteiger partial charge in [-0.05, 0) is 24.5 Å². The van der Waals surface area contributed by atoms with Crippen molar-refractivity contribution < 1.29 is 24.2 Å². The number of carboxylic acids is 1. The molecule has 0 radical (unpaired) electrons. The van der Waals surface area contributed by atoms with Crippen LogP contribution < -0.4 is 14.8 Å². The predicted molar refractivity (Wildman–Crippen MR) is 78.1 cm³/mol. The molecule has 2 aliphatic heterocycles. The molecule has 2 heterocycles. The van der Waals surface area contributed by atoms with Crippen LogP contribution in [0.3, 0.4) is 0 Å². The smallest absolute Gasteiger partial charge is 0.321 e. The van der Waals surface area contributed by atoms with Crippen molar-refractivity contribution in [2.24, 2.45) is 11.8 Å². The summed E-state index contributed by atoms with van der Waals surface area (Å²) in [6, 6.07) is 4.94. The highest BCUT2D eigenvalue weighted by atomic mass is 16.7. The van der Waals surface area contributed by atoms with Gasteiger partial charge in [0.2, 0.25) is 6.79 Å². The van der Waals surface area contributed by atoms with Crippen molar-refractivity contribution in [1.29, 1.82) is 0 Å². The standard InChI is InChI=1S/C15H18N2O5/c1-9-5-10(14(18)19)7-17(6-9)15(20)16-11-3-2-4-12-13(11)22-8-21-12/h2-4,9-10H,5-8H2,1H3,(H,16,20)(H,18,19). The number of urea groups is 1. The minimum Gasteiger partial charge on any atom is -0.481 e. The highest BCUT2D eigenvalue weighted by Gasteiger charge is 2.32. The molecular weight excluding hydrogens is 288 g/mol. The number of ether oxygens (including phenoxy) is 2. The molecule has 1 fully saturated rings. The van der Waals surface area contributed by atoms with Crippen molar-refractivity contribution in [3.63, 3.8) is 0 Å². The van der Waals surface area contributed by atoms with Gasteiger partial charge >= 0.3 is 12.0 Å². The number of para-hydroxylation sites is 1. The number of carboxylic acid groups (broad SMARTS) is 1. The summed E-state index contributed by atoms with van der Waals surface area (Å²) >= 11 is 0. The van der Waals surface area contributed by atoms with Crippen LogP contribution >= 0.6 is 0 Å². The van der Waals surface area contributed by atoms with Gasteiger partial charge in [0.05, 0.1) is 11.6 Å². The minimum atomic E-state index is -0.860. The van der Waals surface area contributed by atoms with Crippen molar-refractivity contribution in [3.05, 3.63) is 18.2 Å². The van der Waals surface area contributed by atoms with E-state index in [1.54, 1.807) is 23.1 Å². The first-order valence-electron chi connectivity index (χ1n) is 7.22.